The minimum Gasteiger partial charge on any atom is -0.435 e. The summed E-state index contributed by atoms with van der Waals surface area (Å²) in [5.74, 6) is 1.05. The van der Waals surface area contributed by atoms with Crippen LogP contribution in [0.5, 0.6) is 0 Å². The van der Waals surface area contributed by atoms with Gasteiger partial charge in [0.1, 0.15) is 24.4 Å². The van der Waals surface area contributed by atoms with Gasteiger partial charge in [-0.2, -0.15) is 0 Å². The van der Waals surface area contributed by atoms with Gasteiger partial charge in [-0.3, -0.25) is 4.79 Å². The lowest BCUT2D eigenvalue weighted by Crippen LogP contribution is -2.68. The molecule has 0 aromatic rings. The van der Waals surface area contributed by atoms with Gasteiger partial charge in [-0.25, -0.2) is 0 Å². The van der Waals surface area contributed by atoms with Gasteiger partial charge in [-0.1, -0.05) is 60.1 Å². The number of aliphatic hydroxyl groups is 5. The van der Waals surface area contributed by atoms with Gasteiger partial charge in [0, 0.05) is 5.41 Å². The van der Waals surface area contributed by atoms with Gasteiger partial charge in [0.2, 0.25) is 6.29 Å². The Kier molecular flexibility index (Phi) is 7.84. The number of carbonyl (C=O) groups is 1. The molecule has 0 radical (unpaired) electrons. The van der Waals surface area contributed by atoms with E-state index in [4.69, 9.17) is 9.47 Å². The Morgan fingerprint density at radius 2 is 1.55 bits per heavy atom. The van der Waals surface area contributed by atoms with Crippen LogP contribution in [0.1, 0.15) is 113 Å². The maximum Gasteiger partial charge on any atom is 0.295 e. The van der Waals surface area contributed by atoms with Crippen LogP contribution in [0.25, 0.3) is 0 Å². The zero-order valence-electron chi connectivity index (χ0n) is 28.0. The van der Waals surface area contributed by atoms with Crippen LogP contribution < -0.4 is 0 Å². The van der Waals surface area contributed by atoms with Crippen LogP contribution >= 0.6 is 0 Å². The first kappa shape index (κ1) is 32.9. The SMILES string of the molecule is CC1(C)CC[C@]2(C(O)[C@@H]3OC(OC=O)[C@@H](O)[C@H](O)C3O)CC[C@]3(C)C(=CCC4[C@@]5(C)CC[C@H](O)C(C)(C)C5CC[C@]43C)C2C1. The number of hydrogen-bond acceptors (Lipinski definition) is 8. The fraction of sp³-hybridized carbons (Fsp3) is 0.917. The first-order valence-corrected chi connectivity index (χ1v) is 17.3. The number of hydrogen-bond donors (Lipinski definition) is 5. The second-order valence-corrected chi connectivity index (χ2v) is 17.9. The van der Waals surface area contributed by atoms with Crippen molar-refractivity contribution in [3.63, 3.8) is 0 Å². The molecule has 0 spiro atoms. The average Bonchev–Trinajstić information content (AvgIpc) is 2.95. The Hall–Kier alpha value is -1.03. The summed E-state index contributed by atoms with van der Waals surface area (Å²) in [6.45, 7) is 16.9. The summed E-state index contributed by atoms with van der Waals surface area (Å²) in [5.41, 5.74) is 0.983. The molecule has 44 heavy (non-hydrogen) atoms. The third-order valence-electron chi connectivity index (χ3n) is 15.4. The molecule has 5 aliphatic carbocycles. The van der Waals surface area contributed by atoms with Gasteiger partial charge in [-0.15, -0.1) is 0 Å². The van der Waals surface area contributed by atoms with E-state index in [0.29, 0.717) is 11.8 Å². The summed E-state index contributed by atoms with van der Waals surface area (Å²) >= 11 is 0. The lowest BCUT2D eigenvalue weighted by molar-refractivity contribution is -0.312. The zero-order valence-corrected chi connectivity index (χ0v) is 28.0. The molecule has 1 saturated heterocycles. The fourth-order valence-electron chi connectivity index (χ4n) is 12.4. The molecule has 14 atom stereocenters. The number of ether oxygens (including phenoxy) is 2. The van der Waals surface area contributed by atoms with Gasteiger partial charge in [-0.05, 0) is 109 Å². The van der Waals surface area contributed by atoms with Crippen molar-refractivity contribution in [2.45, 2.75) is 156 Å². The minimum absolute atomic E-state index is 0.0592. The van der Waals surface area contributed by atoms with Gasteiger partial charge < -0.3 is 35.0 Å². The highest BCUT2D eigenvalue weighted by Crippen LogP contribution is 2.76. The van der Waals surface area contributed by atoms with E-state index < -0.39 is 42.2 Å². The van der Waals surface area contributed by atoms with Crippen molar-refractivity contribution in [3.8, 4) is 0 Å². The first-order chi connectivity index (χ1) is 20.4. The molecule has 8 nitrogen and oxygen atoms in total. The predicted octanol–water partition coefficient (Wildman–Crippen LogP) is 4.49. The molecule has 1 aliphatic heterocycles. The minimum atomic E-state index is -1.61. The van der Waals surface area contributed by atoms with E-state index >= 15 is 0 Å². The van der Waals surface area contributed by atoms with Crippen molar-refractivity contribution in [2.75, 3.05) is 0 Å². The highest BCUT2D eigenvalue weighted by atomic mass is 16.7. The molecule has 8 heteroatoms. The molecule has 0 aromatic carbocycles. The van der Waals surface area contributed by atoms with Gasteiger partial charge >= 0.3 is 0 Å². The molecule has 4 saturated carbocycles. The molecule has 6 aliphatic rings. The second-order valence-electron chi connectivity index (χ2n) is 17.9. The molecule has 0 bridgehead atoms. The largest absolute Gasteiger partial charge is 0.435 e. The highest BCUT2D eigenvalue weighted by Gasteiger charge is 2.69. The molecular weight excluding hydrogens is 560 g/mol. The summed E-state index contributed by atoms with van der Waals surface area (Å²) in [7, 11) is 0. The van der Waals surface area contributed by atoms with Crippen LogP contribution in [-0.2, 0) is 14.3 Å². The molecule has 0 aromatic heterocycles. The van der Waals surface area contributed by atoms with Crippen LogP contribution in [0.2, 0.25) is 0 Å². The first-order valence-electron chi connectivity index (χ1n) is 17.3. The van der Waals surface area contributed by atoms with E-state index in [1.807, 2.05) is 0 Å². The standard InChI is InChI=1S/C36H58O8/c1-31(2)14-16-36(29(42)28-26(40)25(39)27(41)30(44-28)43-19-37)17-15-34(6)20(21(36)18-31)8-9-23-33(5)12-11-24(38)32(3,4)22(33)10-13-35(23,34)7/h8,19,21-30,38-42H,9-18H2,1-7H3/t21?,22?,23?,24-,25+,26?,27-,28+,29?,30?,33-,34+,35+,36-/m0/s1. The molecule has 6 unspecified atom stereocenters. The van der Waals surface area contributed by atoms with Crippen LogP contribution in [0.4, 0.5) is 0 Å². The third-order valence-corrected chi connectivity index (χ3v) is 15.4. The van der Waals surface area contributed by atoms with E-state index in [9.17, 15) is 30.3 Å². The number of allylic oxidation sites excluding steroid dienone is 2. The second kappa shape index (κ2) is 10.5. The van der Waals surface area contributed by atoms with Crippen molar-refractivity contribution >= 4 is 6.47 Å². The van der Waals surface area contributed by atoms with Gasteiger partial charge in [0.05, 0.1) is 12.2 Å². The summed E-state index contributed by atoms with van der Waals surface area (Å²) in [5, 5.41) is 55.5. The molecule has 5 fully saturated rings. The number of carbonyl (C=O) groups excluding carboxylic acids is 1. The Balaban J connectivity index is 1.39. The maximum absolute atomic E-state index is 12.3. The Bertz CT molecular complexity index is 1170. The van der Waals surface area contributed by atoms with E-state index in [2.05, 4.69) is 54.5 Å². The summed E-state index contributed by atoms with van der Waals surface area (Å²) in [4.78, 5) is 11.1. The Morgan fingerprint density at radius 1 is 0.864 bits per heavy atom. The molecule has 250 valence electrons. The third kappa shape index (κ3) is 4.33. The van der Waals surface area contributed by atoms with Gasteiger partial charge in [0.15, 0.2) is 0 Å². The van der Waals surface area contributed by atoms with Crippen LogP contribution in [0, 0.1) is 50.2 Å². The van der Waals surface area contributed by atoms with Gasteiger partial charge in [0.25, 0.3) is 6.47 Å². The normalized spacial score (nSPS) is 53.5. The average molecular weight is 619 g/mol. The fourth-order valence-corrected chi connectivity index (χ4v) is 12.4. The highest BCUT2D eigenvalue weighted by molar-refractivity contribution is 5.37. The van der Waals surface area contributed by atoms with E-state index in [1.165, 1.54) is 5.57 Å². The molecule has 0 amide bonds. The molecule has 5 N–H and O–H groups in total. The van der Waals surface area contributed by atoms with Crippen LogP contribution in [0.3, 0.4) is 0 Å². The van der Waals surface area contributed by atoms with Crippen molar-refractivity contribution in [3.05, 3.63) is 11.6 Å². The van der Waals surface area contributed by atoms with Crippen molar-refractivity contribution in [1.29, 1.82) is 0 Å². The maximum atomic E-state index is 12.3. The zero-order chi connectivity index (χ0) is 32.3. The summed E-state index contributed by atoms with van der Waals surface area (Å²) < 4.78 is 10.8. The lowest BCUT2D eigenvalue weighted by Gasteiger charge is -2.72. The topological polar surface area (TPSA) is 137 Å². The summed E-state index contributed by atoms with van der Waals surface area (Å²) in [6.07, 6.45) is 3.14. The van der Waals surface area contributed by atoms with E-state index in [-0.39, 0.29) is 45.6 Å². The number of aliphatic hydroxyl groups excluding tert-OH is 5. The quantitative estimate of drug-likeness (QED) is 0.230. The Morgan fingerprint density at radius 3 is 2.23 bits per heavy atom. The predicted molar refractivity (Wildman–Crippen MR) is 165 cm³/mol. The molecule has 1 heterocycles. The van der Waals surface area contributed by atoms with E-state index in [1.54, 1.807) is 0 Å². The Labute approximate surface area is 263 Å². The lowest BCUT2D eigenvalue weighted by atomic mass is 9.33. The van der Waals surface area contributed by atoms with Crippen LogP contribution in [-0.4, -0.2) is 74.9 Å². The number of rotatable bonds is 4. The van der Waals surface area contributed by atoms with Crippen molar-refractivity contribution < 1.29 is 39.8 Å². The van der Waals surface area contributed by atoms with Crippen molar-refractivity contribution in [2.24, 2.45) is 50.2 Å². The number of fused-ring (bicyclic) bond motifs is 7. The monoisotopic (exact) mass is 618 g/mol. The van der Waals surface area contributed by atoms with Crippen molar-refractivity contribution in [1.82, 2.24) is 0 Å². The van der Waals surface area contributed by atoms with E-state index in [0.717, 1.165) is 64.2 Å². The smallest absolute Gasteiger partial charge is 0.295 e. The van der Waals surface area contributed by atoms with Crippen LogP contribution in [0.15, 0.2) is 11.6 Å². The molecular formula is C36H58O8. The summed E-state index contributed by atoms with van der Waals surface area (Å²) in [6, 6.07) is 0. The molecule has 6 rings (SSSR count).